The van der Waals surface area contributed by atoms with Crippen molar-refractivity contribution in [1.29, 1.82) is 0 Å². The predicted octanol–water partition coefficient (Wildman–Crippen LogP) is 2.17. The highest BCUT2D eigenvalue weighted by Gasteiger charge is 2.19. The van der Waals surface area contributed by atoms with Crippen LogP contribution in [0.25, 0.3) is 0 Å². The van der Waals surface area contributed by atoms with Gasteiger partial charge in [0.05, 0.1) is 18.6 Å². The number of sulfonamides is 1. The van der Waals surface area contributed by atoms with E-state index in [9.17, 15) is 8.42 Å². The van der Waals surface area contributed by atoms with E-state index in [0.29, 0.717) is 24.9 Å². The Labute approximate surface area is 136 Å². The van der Waals surface area contributed by atoms with Gasteiger partial charge in [0.25, 0.3) is 0 Å². The summed E-state index contributed by atoms with van der Waals surface area (Å²) in [5.41, 5.74) is 1.82. The smallest absolute Gasteiger partial charge is 0.238 e. The normalized spacial score (nSPS) is 18.2. The highest BCUT2D eigenvalue weighted by molar-refractivity contribution is 7.91. The van der Waals surface area contributed by atoms with E-state index >= 15 is 0 Å². The topological polar surface area (TPSA) is 73.2 Å². The molecule has 1 N–H and O–H groups in total. The summed E-state index contributed by atoms with van der Waals surface area (Å²) in [5.74, 6) is 0.839. The molecule has 1 aliphatic rings. The Bertz CT molecular complexity index is 764. The van der Waals surface area contributed by atoms with E-state index in [0.717, 1.165) is 24.2 Å². The number of rotatable bonds is 6. The maximum atomic E-state index is 12.4. The van der Waals surface area contributed by atoms with Gasteiger partial charge >= 0.3 is 0 Å². The van der Waals surface area contributed by atoms with Crippen molar-refractivity contribution in [2.45, 2.75) is 25.6 Å². The van der Waals surface area contributed by atoms with Gasteiger partial charge in [-0.25, -0.2) is 13.1 Å². The van der Waals surface area contributed by atoms with Crippen LogP contribution in [0.1, 0.15) is 17.5 Å². The van der Waals surface area contributed by atoms with E-state index < -0.39 is 10.0 Å². The molecule has 0 amide bonds. The van der Waals surface area contributed by atoms with Crippen LogP contribution in [0, 0.1) is 12.8 Å². The zero-order valence-electron chi connectivity index (χ0n) is 13.1. The molecule has 3 rings (SSSR count). The van der Waals surface area contributed by atoms with Crippen LogP contribution in [0.4, 0.5) is 5.82 Å². The quantitative estimate of drug-likeness (QED) is 0.878. The van der Waals surface area contributed by atoms with Crippen molar-refractivity contribution in [3.8, 4) is 0 Å². The highest BCUT2D eigenvalue weighted by Crippen LogP contribution is 2.19. The van der Waals surface area contributed by atoms with Gasteiger partial charge in [-0.15, -0.1) is 0 Å². The third-order valence-corrected chi connectivity index (χ3v) is 5.10. The van der Waals surface area contributed by atoms with Crippen LogP contribution in [0.3, 0.4) is 0 Å². The molecule has 2 heterocycles. The molecule has 0 bridgehead atoms. The molecule has 1 saturated heterocycles. The Morgan fingerprint density at radius 1 is 1.39 bits per heavy atom. The summed E-state index contributed by atoms with van der Waals surface area (Å²) < 4.78 is 34.5. The summed E-state index contributed by atoms with van der Waals surface area (Å²) in [4.78, 5) is 0. The van der Waals surface area contributed by atoms with Crippen molar-refractivity contribution in [2.24, 2.45) is 5.92 Å². The lowest BCUT2D eigenvalue weighted by Crippen LogP contribution is -2.20. The van der Waals surface area contributed by atoms with Crippen molar-refractivity contribution in [2.75, 3.05) is 17.9 Å². The summed E-state index contributed by atoms with van der Waals surface area (Å²) in [5, 5.41) is 4.22. The number of nitrogens with zero attached hydrogens (tertiary/aromatic N) is 2. The fourth-order valence-electron chi connectivity index (χ4n) is 2.75. The van der Waals surface area contributed by atoms with E-state index in [2.05, 4.69) is 9.82 Å². The second-order valence-corrected chi connectivity index (χ2v) is 7.70. The molecule has 6 nitrogen and oxygen atoms in total. The second-order valence-electron chi connectivity index (χ2n) is 5.98. The second kappa shape index (κ2) is 6.72. The lowest BCUT2D eigenvalue weighted by molar-refractivity contribution is 0.181. The van der Waals surface area contributed by atoms with E-state index in [-0.39, 0.29) is 5.75 Å². The zero-order chi connectivity index (χ0) is 16.3. The fourth-order valence-corrected chi connectivity index (χ4v) is 3.94. The molecular formula is C16H21N3O3S. The lowest BCUT2D eigenvalue weighted by atomic mass is 10.1. The molecule has 0 radical (unpaired) electrons. The molecule has 0 saturated carbocycles. The first-order valence-electron chi connectivity index (χ1n) is 7.67. The van der Waals surface area contributed by atoms with Crippen molar-refractivity contribution < 1.29 is 13.2 Å². The van der Waals surface area contributed by atoms with Crippen LogP contribution in [-0.2, 0) is 27.1 Å². The number of hydrogen-bond acceptors (Lipinski definition) is 4. The number of benzene rings is 1. The monoisotopic (exact) mass is 335 g/mol. The van der Waals surface area contributed by atoms with Gasteiger partial charge in [0.1, 0.15) is 5.82 Å². The minimum Gasteiger partial charge on any atom is -0.381 e. The average molecular weight is 335 g/mol. The van der Waals surface area contributed by atoms with E-state index in [1.54, 1.807) is 16.9 Å². The minimum absolute atomic E-state index is 0.0492. The lowest BCUT2D eigenvalue weighted by Gasteiger charge is -2.13. The molecule has 1 unspecified atom stereocenters. The zero-order valence-corrected chi connectivity index (χ0v) is 13.9. The first-order chi connectivity index (χ1) is 11.0. The average Bonchev–Trinajstić information content (AvgIpc) is 3.11. The summed E-state index contributed by atoms with van der Waals surface area (Å²) in [6.07, 6.45) is 2.59. The number of aryl methyl sites for hydroxylation is 1. The highest BCUT2D eigenvalue weighted by atomic mass is 32.2. The molecule has 1 aromatic carbocycles. The van der Waals surface area contributed by atoms with Gasteiger partial charge in [-0.1, -0.05) is 29.8 Å². The summed E-state index contributed by atoms with van der Waals surface area (Å²) in [6.45, 7) is 4.08. The molecule has 124 valence electrons. The van der Waals surface area contributed by atoms with Gasteiger partial charge in [-0.3, -0.25) is 4.72 Å². The molecule has 1 atom stereocenters. The third kappa shape index (κ3) is 4.33. The maximum Gasteiger partial charge on any atom is 0.238 e. The first kappa shape index (κ1) is 16.0. The Balaban J connectivity index is 1.69. The number of ether oxygens (including phenoxy) is 1. The Morgan fingerprint density at radius 3 is 3.00 bits per heavy atom. The number of anilines is 1. The number of hydrogen-bond donors (Lipinski definition) is 1. The fraction of sp³-hybridized carbons (Fsp3) is 0.438. The van der Waals surface area contributed by atoms with E-state index in [4.69, 9.17) is 4.74 Å². The summed E-state index contributed by atoms with van der Waals surface area (Å²) in [6, 6.07) is 9.20. The molecule has 2 aromatic rings. The first-order valence-corrected chi connectivity index (χ1v) is 9.33. The minimum atomic E-state index is -3.47. The third-order valence-electron chi connectivity index (χ3n) is 3.87. The molecule has 7 heteroatoms. The van der Waals surface area contributed by atoms with Crippen LogP contribution in [-0.4, -0.2) is 31.4 Å². The van der Waals surface area contributed by atoms with Crippen LogP contribution in [0.15, 0.2) is 36.5 Å². The van der Waals surface area contributed by atoms with Gasteiger partial charge < -0.3 is 4.74 Å². The van der Waals surface area contributed by atoms with Crippen LogP contribution in [0.2, 0.25) is 0 Å². The van der Waals surface area contributed by atoms with Crippen molar-refractivity contribution >= 4 is 15.8 Å². The SMILES string of the molecule is Cc1cccc(CS(=O)(=O)Nc2ccnn2CC2CCOC2)c1. The van der Waals surface area contributed by atoms with Gasteiger partial charge in [0, 0.05) is 25.1 Å². The maximum absolute atomic E-state index is 12.4. The van der Waals surface area contributed by atoms with Crippen LogP contribution < -0.4 is 4.72 Å². The largest absolute Gasteiger partial charge is 0.381 e. The predicted molar refractivity (Wildman–Crippen MR) is 88.6 cm³/mol. The van der Waals surface area contributed by atoms with Gasteiger partial charge in [-0.05, 0) is 18.9 Å². The molecule has 0 spiro atoms. The van der Waals surface area contributed by atoms with E-state index in [1.165, 1.54) is 0 Å². The molecule has 1 aromatic heterocycles. The standard InChI is InChI=1S/C16H21N3O3S/c1-13-3-2-4-14(9-13)12-23(20,21)18-16-5-7-17-19(16)10-15-6-8-22-11-15/h2-5,7,9,15,18H,6,8,10-12H2,1H3. The molecule has 0 aliphatic carbocycles. The van der Waals surface area contributed by atoms with Gasteiger partial charge in [0.2, 0.25) is 10.0 Å². The molecule has 1 aliphatic heterocycles. The summed E-state index contributed by atoms with van der Waals surface area (Å²) >= 11 is 0. The van der Waals surface area contributed by atoms with Gasteiger partial charge in [0.15, 0.2) is 0 Å². The molecular weight excluding hydrogens is 314 g/mol. The number of nitrogens with one attached hydrogen (secondary N) is 1. The molecule has 1 fully saturated rings. The van der Waals surface area contributed by atoms with Crippen molar-refractivity contribution in [3.63, 3.8) is 0 Å². The molecule has 23 heavy (non-hydrogen) atoms. The van der Waals surface area contributed by atoms with Crippen LogP contribution >= 0.6 is 0 Å². The Hall–Kier alpha value is -1.86. The Kier molecular flexibility index (Phi) is 4.68. The van der Waals surface area contributed by atoms with Crippen LogP contribution in [0.5, 0.6) is 0 Å². The van der Waals surface area contributed by atoms with Crippen molar-refractivity contribution in [1.82, 2.24) is 9.78 Å². The van der Waals surface area contributed by atoms with E-state index in [1.807, 2.05) is 31.2 Å². The van der Waals surface area contributed by atoms with Crippen molar-refractivity contribution in [3.05, 3.63) is 47.7 Å². The summed E-state index contributed by atoms with van der Waals surface area (Å²) in [7, 11) is -3.47. The number of aromatic nitrogens is 2. The Morgan fingerprint density at radius 2 is 2.26 bits per heavy atom. The van der Waals surface area contributed by atoms with Gasteiger partial charge in [-0.2, -0.15) is 5.10 Å².